The Hall–Kier alpha value is -3.67. The molecule has 3 aromatic rings. The summed E-state index contributed by atoms with van der Waals surface area (Å²) in [4.78, 5) is 13.9. The molecule has 0 aliphatic carbocycles. The molecule has 2 aromatic carbocycles. The number of hydrogen-bond acceptors (Lipinski definition) is 19. The van der Waals surface area contributed by atoms with Gasteiger partial charge in [0.25, 0.3) is 0 Å². The first-order valence-electron chi connectivity index (χ1n) is 16.6. The first-order valence-corrected chi connectivity index (χ1v) is 16.6. The predicted octanol–water partition coefficient (Wildman–Crippen LogP) is -2.24. The fourth-order valence-electron chi connectivity index (χ4n) is 6.32. The van der Waals surface area contributed by atoms with Crippen molar-refractivity contribution in [3.63, 3.8) is 0 Å². The van der Waals surface area contributed by atoms with Crippen LogP contribution in [0.5, 0.6) is 23.0 Å². The van der Waals surface area contributed by atoms with Gasteiger partial charge in [0.2, 0.25) is 17.5 Å². The van der Waals surface area contributed by atoms with Gasteiger partial charge < -0.3 is 88.6 Å². The summed E-state index contributed by atoms with van der Waals surface area (Å²) >= 11 is 0. The van der Waals surface area contributed by atoms with Crippen molar-refractivity contribution in [1.29, 1.82) is 0 Å². The number of aromatic hydroxyl groups is 2. The van der Waals surface area contributed by atoms with E-state index in [9.17, 15) is 55.9 Å². The molecular formula is C34H42O19. The first-order chi connectivity index (χ1) is 25.1. The summed E-state index contributed by atoms with van der Waals surface area (Å²) in [7, 11) is 1.34. The van der Waals surface area contributed by atoms with Crippen molar-refractivity contribution in [2.75, 3.05) is 13.7 Å². The van der Waals surface area contributed by atoms with Gasteiger partial charge >= 0.3 is 0 Å². The molecule has 0 unspecified atom stereocenters. The molecule has 53 heavy (non-hydrogen) atoms. The van der Waals surface area contributed by atoms with Crippen molar-refractivity contribution >= 4 is 11.0 Å². The second-order valence-electron chi connectivity index (χ2n) is 13.1. The van der Waals surface area contributed by atoms with Crippen LogP contribution in [0.25, 0.3) is 22.3 Å². The first kappa shape index (κ1) is 39.0. The summed E-state index contributed by atoms with van der Waals surface area (Å²) < 4.78 is 45.1. The van der Waals surface area contributed by atoms with E-state index in [1.165, 1.54) is 57.4 Å². The summed E-state index contributed by atoms with van der Waals surface area (Å²) in [6.07, 6.45) is -23.9. The minimum absolute atomic E-state index is 0.102. The number of rotatable bonds is 9. The van der Waals surface area contributed by atoms with E-state index in [1.54, 1.807) is 0 Å². The van der Waals surface area contributed by atoms with Crippen molar-refractivity contribution in [2.45, 2.75) is 106 Å². The van der Waals surface area contributed by atoms with Crippen molar-refractivity contribution < 1.29 is 88.6 Å². The van der Waals surface area contributed by atoms with E-state index in [2.05, 4.69) is 0 Å². The fraction of sp³-hybridized carbons (Fsp3) is 0.559. The number of aliphatic hydroxyl groups is 8. The van der Waals surface area contributed by atoms with Crippen molar-refractivity contribution in [1.82, 2.24) is 0 Å². The molecule has 19 nitrogen and oxygen atoms in total. The lowest BCUT2D eigenvalue weighted by Gasteiger charge is -2.46. The Bertz CT molecular complexity index is 1780. The Kier molecular flexibility index (Phi) is 11.5. The number of methoxy groups -OCH3 is 1. The molecule has 10 N–H and O–H groups in total. The minimum Gasteiger partial charge on any atom is -0.508 e. The third-order valence-electron chi connectivity index (χ3n) is 9.48. The number of phenolic OH excluding ortho intramolecular Hbond substituents is 2. The van der Waals surface area contributed by atoms with Crippen molar-refractivity contribution in [3.8, 4) is 34.3 Å². The Morgan fingerprint density at radius 2 is 1.32 bits per heavy atom. The molecule has 15 atom stereocenters. The number of benzene rings is 2. The van der Waals surface area contributed by atoms with E-state index in [0.717, 1.165) is 0 Å². The molecular weight excluding hydrogens is 712 g/mol. The normalized spacial score (nSPS) is 37.8. The topological polar surface area (TPSA) is 297 Å². The average molecular weight is 755 g/mol. The minimum atomic E-state index is -1.96. The van der Waals surface area contributed by atoms with Crippen molar-refractivity contribution in [3.05, 3.63) is 46.6 Å². The van der Waals surface area contributed by atoms with Gasteiger partial charge in [-0.05, 0) is 38.1 Å². The lowest BCUT2D eigenvalue weighted by atomic mass is 9.97. The Balaban J connectivity index is 1.23. The Labute approximate surface area is 300 Å². The quantitative estimate of drug-likeness (QED) is 0.110. The molecule has 6 rings (SSSR count). The molecule has 3 saturated heterocycles. The van der Waals surface area contributed by atoms with Crippen LogP contribution in [0.4, 0.5) is 0 Å². The molecule has 19 heteroatoms. The van der Waals surface area contributed by atoms with Gasteiger partial charge in [0.05, 0.1) is 25.9 Å². The number of phenols is 2. The number of fused-ring (bicyclic) bond motifs is 1. The number of ether oxygens (including phenoxy) is 7. The zero-order chi connectivity index (χ0) is 38.5. The standard InChI is InChI=1S/C34H42O19/c1-11-20(37)24(41)26(43)33(49-11)52-30-21(38)12(2)48-32(28(30)45)47-10-18-22(39)25(42)27(44)34(51-18)53-31-23(40)19-16(36)8-15(46-3)9-17(19)50-29(31)13-4-6-14(35)7-5-13/h4-9,11-12,18,20-22,24-28,30,32-39,41-45H,10H2,1-3H3/t11-,12-,18-,20-,21-,22-,24-,25-,26-,27-,28-,30+,32+,33-,34-/m0/s1. The third-order valence-corrected chi connectivity index (χ3v) is 9.48. The van der Waals surface area contributed by atoms with Crippen LogP contribution in [-0.2, 0) is 23.7 Å². The molecule has 0 spiro atoms. The highest BCUT2D eigenvalue weighted by Gasteiger charge is 2.51. The molecule has 0 radical (unpaired) electrons. The van der Waals surface area contributed by atoms with E-state index in [4.69, 9.17) is 37.6 Å². The monoisotopic (exact) mass is 754 g/mol. The van der Waals surface area contributed by atoms with E-state index in [-0.39, 0.29) is 33.8 Å². The lowest BCUT2D eigenvalue weighted by Crippen LogP contribution is -2.64. The van der Waals surface area contributed by atoms with Gasteiger partial charge in [0.15, 0.2) is 18.3 Å². The highest BCUT2D eigenvalue weighted by molar-refractivity contribution is 5.88. The van der Waals surface area contributed by atoms with Crippen LogP contribution in [0.2, 0.25) is 0 Å². The second kappa shape index (κ2) is 15.6. The summed E-state index contributed by atoms with van der Waals surface area (Å²) in [6, 6.07) is 7.93. The predicted molar refractivity (Wildman–Crippen MR) is 175 cm³/mol. The van der Waals surface area contributed by atoms with Gasteiger partial charge in [-0.15, -0.1) is 0 Å². The average Bonchev–Trinajstić information content (AvgIpc) is 3.13. The van der Waals surface area contributed by atoms with Crippen LogP contribution in [0, 0.1) is 0 Å². The van der Waals surface area contributed by atoms with Crippen LogP contribution in [0.3, 0.4) is 0 Å². The molecule has 3 fully saturated rings. The smallest absolute Gasteiger partial charge is 0.239 e. The maximum atomic E-state index is 13.9. The molecule has 4 heterocycles. The second-order valence-corrected chi connectivity index (χ2v) is 13.1. The lowest BCUT2D eigenvalue weighted by molar-refractivity contribution is -0.358. The van der Waals surface area contributed by atoms with Gasteiger partial charge in [0, 0.05) is 17.7 Å². The number of hydrogen-bond donors (Lipinski definition) is 10. The maximum absolute atomic E-state index is 13.9. The van der Waals surface area contributed by atoms with Gasteiger partial charge in [-0.25, -0.2) is 0 Å². The Morgan fingerprint density at radius 1 is 0.698 bits per heavy atom. The van der Waals surface area contributed by atoms with E-state index in [1.807, 2.05) is 0 Å². The zero-order valence-electron chi connectivity index (χ0n) is 28.5. The van der Waals surface area contributed by atoms with Crippen molar-refractivity contribution in [2.24, 2.45) is 0 Å². The molecule has 1 aromatic heterocycles. The van der Waals surface area contributed by atoms with E-state index >= 15 is 0 Å². The SMILES string of the molecule is COc1cc(O)c2c(=O)c(O[C@@H]3O[C@@H](CO[C@@H]4O[C@@H](C)[C@H](O)[C@@H](O[C@@H]5O[C@@H](C)[C@H](O)[C@H](O)[C@@H]5O)[C@@H]4O)[C@H](O)[C@H](O)[C@@H]3O)c(-c3ccc(O)cc3)oc2c1. The summed E-state index contributed by atoms with van der Waals surface area (Å²) in [6.45, 7) is 2.19. The van der Waals surface area contributed by atoms with Crippen LogP contribution in [0.15, 0.2) is 45.6 Å². The third kappa shape index (κ3) is 7.54. The zero-order valence-corrected chi connectivity index (χ0v) is 28.5. The van der Waals surface area contributed by atoms with E-state index in [0.29, 0.717) is 0 Å². The van der Waals surface area contributed by atoms with Gasteiger partial charge in [-0.3, -0.25) is 4.79 Å². The summed E-state index contributed by atoms with van der Waals surface area (Å²) in [5.41, 5.74) is -0.804. The van der Waals surface area contributed by atoms with Crippen LogP contribution < -0.4 is 14.9 Å². The van der Waals surface area contributed by atoms with Crippen LogP contribution in [0.1, 0.15) is 13.8 Å². The van der Waals surface area contributed by atoms with Gasteiger partial charge in [-0.2, -0.15) is 0 Å². The highest BCUT2D eigenvalue weighted by atomic mass is 16.7. The fourth-order valence-corrected chi connectivity index (χ4v) is 6.32. The van der Waals surface area contributed by atoms with Crippen LogP contribution >= 0.6 is 0 Å². The number of aliphatic hydroxyl groups excluding tert-OH is 8. The molecule has 3 aliphatic heterocycles. The Morgan fingerprint density at radius 3 is 2.00 bits per heavy atom. The summed E-state index contributed by atoms with van der Waals surface area (Å²) in [5.74, 6) is -1.27. The molecule has 3 aliphatic rings. The van der Waals surface area contributed by atoms with Gasteiger partial charge in [0.1, 0.15) is 89.3 Å². The molecule has 0 bridgehead atoms. The highest BCUT2D eigenvalue weighted by Crippen LogP contribution is 2.38. The van der Waals surface area contributed by atoms with E-state index < -0.39 is 116 Å². The van der Waals surface area contributed by atoms with Gasteiger partial charge in [-0.1, -0.05) is 0 Å². The molecule has 0 saturated carbocycles. The largest absolute Gasteiger partial charge is 0.508 e. The molecule has 292 valence electrons. The van der Waals surface area contributed by atoms with Crippen LogP contribution in [-0.4, -0.2) is 157 Å². The summed E-state index contributed by atoms with van der Waals surface area (Å²) in [5, 5.41) is 105. The molecule has 0 amide bonds. The maximum Gasteiger partial charge on any atom is 0.239 e.